The van der Waals surface area contributed by atoms with E-state index in [0.29, 0.717) is 11.7 Å². The number of ketones is 1. The molecule has 0 N–H and O–H groups in total. The molecule has 3 unspecified atom stereocenters. The van der Waals surface area contributed by atoms with Crippen LogP contribution >= 0.6 is 0 Å². The molecule has 0 radical (unpaired) electrons. The number of hydrogen-bond acceptors (Lipinski definition) is 2. The molecule has 1 aromatic carbocycles. The van der Waals surface area contributed by atoms with Crippen LogP contribution in [0.5, 0.6) is 5.75 Å². The maximum absolute atomic E-state index is 12.4. The molecule has 1 aromatic rings. The van der Waals surface area contributed by atoms with E-state index in [-0.39, 0.29) is 0 Å². The topological polar surface area (TPSA) is 26.3 Å². The zero-order chi connectivity index (χ0) is 13.4. The van der Waals surface area contributed by atoms with Gasteiger partial charge in [0.05, 0.1) is 7.11 Å². The predicted molar refractivity (Wildman–Crippen MR) is 75.6 cm³/mol. The fourth-order valence-corrected chi connectivity index (χ4v) is 4.03. The van der Waals surface area contributed by atoms with Gasteiger partial charge in [-0.05, 0) is 67.7 Å². The molecule has 2 fully saturated rings. The summed E-state index contributed by atoms with van der Waals surface area (Å²) in [7, 11) is 1.67. The van der Waals surface area contributed by atoms with E-state index in [1.165, 1.54) is 25.7 Å². The molecule has 19 heavy (non-hydrogen) atoms. The number of carbonyl (C=O) groups excluding carboxylic acids is 1. The molecule has 2 aliphatic rings. The van der Waals surface area contributed by atoms with Crippen LogP contribution in [-0.2, 0) is 0 Å². The molecule has 2 saturated carbocycles. The number of ether oxygens (including phenoxy) is 1. The Morgan fingerprint density at radius 3 is 2.74 bits per heavy atom. The quantitative estimate of drug-likeness (QED) is 0.763. The van der Waals surface area contributed by atoms with Crippen molar-refractivity contribution >= 4 is 5.78 Å². The summed E-state index contributed by atoms with van der Waals surface area (Å²) in [6.07, 6.45) is 6.15. The summed E-state index contributed by atoms with van der Waals surface area (Å²) in [5.74, 6) is 3.56. The van der Waals surface area contributed by atoms with Crippen LogP contribution in [-0.4, -0.2) is 12.9 Å². The van der Waals surface area contributed by atoms with Crippen molar-refractivity contribution in [2.24, 2.45) is 17.8 Å². The molecule has 3 atom stereocenters. The number of aryl methyl sites for hydroxylation is 1. The van der Waals surface area contributed by atoms with E-state index in [0.717, 1.165) is 35.1 Å². The van der Waals surface area contributed by atoms with Gasteiger partial charge < -0.3 is 4.74 Å². The van der Waals surface area contributed by atoms with Gasteiger partial charge in [-0.3, -0.25) is 4.79 Å². The summed E-state index contributed by atoms with van der Waals surface area (Å²) in [6.45, 7) is 1.99. The van der Waals surface area contributed by atoms with Gasteiger partial charge in [-0.1, -0.05) is 6.42 Å². The lowest BCUT2D eigenvalue weighted by Crippen LogP contribution is -2.15. The van der Waals surface area contributed by atoms with Crippen LogP contribution in [0.1, 0.15) is 48.0 Å². The Morgan fingerprint density at radius 1 is 1.32 bits per heavy atom. The molecule has 2 aliphatic carbocycles. The molecular formula is C17H22O2. The molecule has 0 heterocycles. The Morgan fingerprint density at radius 2 is 2.16 bits per heavy atom. The van der Waals surface area contributed by atoms with E-state index in [2.05, 4.69) is 0 Å². The van der Waals surface area contributed by atoms with Gasteiger partial charge in [-0.25, -0.2) is 0 Å². The Balaban J connectivity index is 1.69. The molecule has 2 nitrogen and oxygen atoms in total. The molecule has 0 aromatic heterocycles. The van der Waals surface area contributed by atoms with Crippen molar-refractivity contribution < 1.29 is 9.53 Å². The van der Waals surface area contributed by atoms with Gasteiger partial charge >= 0.3 is 0 Å². The number of benzene rings is 1. The smallest absolute Gasteiger partial charge is 0.163 e. The van der Waals surface area contributed by atoms with Gasteiger partial charge in [-0.2, -0.15) is 0 Å². The Labute approximate surface area is 115 Å². The van der Waals surface area contributed by atoms with E-state index in [9.17, 15) is 4.79 Å². The molecule has 3 rings (SSSR count). The van der Waals surface area contributed by atoms with Gasteiger partial charge in [0.15, 0.2) is 5.78 Å². The summed E-state index contributed by atoms with van der Waals surface area (Å²) < 4.78 is 5.24. The average Bonchev–Trinajstić information content (AvgIpc) is 3.00. The van der Waals surface area contributed by atoms with Gasteiger partial charge in [-0.15, -0.1) is 0 Å². The zero-order valence-electron chi connectivity index (χ0n) is 11.8. The fourth-order valence-electron chi connectivity index (χ4n) is 4.03. The summed E-state index contributed by atoms with van der Waals surface area (Å²) in [5, 5.41) is 0. The molecule has 0 saturated heterocycles. The van der Waals surface area contributed by atoms with Gasteiger partial charge in [0.25, 0.3) is 0 Å². The summed E-state index contributed by atoms with van der Waals surface area (Å²) >= 11 is 0. The van der Waals surface area contributed by atoms with E-state index in [4.69, 9.17) is 4.74 Å². The maximum Gasteiger partial charge on any atom is 0.163 e. The molecular weight excluding hydrogens is 236 g/mol. The third-order valence-corrected chi connectivity index (χ3v) is 5.05. The number of carbonyl (C=O) groups is 1. The highest BCUT2D eigenvalue weighted by molar-refractivity contribution is 5.96. The minimum atomic E-state index is 0.309. The summed E-state index contributed by atoms with van der Waals surface area (Å²) in [5.41, 5.74) is 1.89. The van der Waals surface area contributed by atoms with Crippen LogP contribution < -0.4 is 4.74 Å². The average molecular weight is 258 g/mol. The largest absolute Gasteiger partial charge is 0.496 e. The Hall–Kier alpha value is -1.31. The zero-order valence-corrected chi connectivity index (χ0v) is 11.8. The molecule has 2 heteroatoms. The van der Waals surface area contributed by atoms with Crippen LogP contribution in [0.15, 0.2) is 18.2 Å². The highest BCUT2D eigenvalue weighted by Crippen LogP contribution is 2.49. The fraction of sp³-hybridized carbons (Fsp3) is 0.588. The van der Waals surface area contributed by atoms with Crippen molar-refractivity contribution in [2.75, 3.05) is 7.11 Å². The first kappa shape index (κ1) is 12.7. The van der Waals surface area contributed by atoms with Crippen LogP contribution in [0.25, 0.3) is 0 Å². The highest BCUT2D eigenvalue weighted by atomic mass is 16.5. The minimum absolute atomic E-state index is 0.309. The summed E-state index contributed by atoms with van der Waals surface area (Å²) in [6, 6.07) is 5.78. The van der Waals surface area contributed by atoms with Crippen LogP contribution in [0.4, 0.5) is 0 Å². The highest BCUT2D eigenvalue weighted by Gasteiger charge is 2.40. The van der Waals surface area contributed by atoms with E-state index in [1.807, 2.05) is 25.1 Å². The Kier molecular flexibility index (Phi) is 3.34. The second-order valence-electron chi connectivity index (χ2n) is 6.25. The van der Waals surface area contributed by atoms with Crippen LogP contribution in [0.2, 0.25) is 0 Å². The number of methoxy groups -OCH3 is 1. The van der Waals surface area contributed by atoms with Crippen molar-refractivity contribution in [3.05, 3.63) is 29.3 Å². The third-order valence-electron chi connectivity index (χ3n) is 5.05. The van der Waals surface area contributed by atoms with Gasteiger partial charge in [0.1, 0.15) is 5.75 Å². The lowest BCUT2D eigenvalue weighted by atomic mass is 9.84. The van der Waals surface area contributed by atoms with E-state index in [1.54, 1.807) is 7.11 Å². The molecule has 102 valence electrons. The first-order valence-corrected chi connectivity index (χ1v) is 7.35. The first-order chi connectivity index (χ1) is 9.17. The molecule has 0 spiro atoms. The SMILES string of the molecule is COc1ccc(C(=O)CC2CC3CCC2C3)cc1C. The second kappa shape index (κ2) is 4.99. The number of rotatable bonds is 4. The molecule has 0 aliphatic heterocycles. The summed E-state index contributed by atoms with van der Waals surface area (Å²) in [4.78, 5) is 12.4. The van der Waals surface area contributed by atoms with Crippen LogP contribution in [0.3, 0.4) is 0 Å². The lowest BCUT2D eigenvalue weighted by Gasteiger charge is -2.20. The van der Waals surface area contributed by atoms with Gasteiger partial charge in [0, 0.05) is 12.0 Å². The maximum atomic E-state index is 12.4. The minimum Gasteiger partial charge on any atom is -0.496 e. The van der Waals surface area contributed by atoms with Crippen LogP contribution in [0, 0.1) is 24.7 Å². The first-order valence-electron chi connectivity index (χ1n) is 7.35. The predicted octanol–water partition coefficient (Wildman–Crippen LogP) is 4.01. The standard InChI is InChI=1S/C17H22O2/c1-11-7-14(5-6-17(11)19-2)16(18)10-15-9-12-3-4-13(15)8-12/h5-7,12-13,15H,3-4,8-10H2,1-2H3. The number of hydrogen-bond donors (Lipinski definition) is 0. The third kappa shape index (κ3) is 2.41. The van der Waals surface area contributed by atoms with Crippen molar-refractivity contribution in [3.8, 4) is 5.75 Å². The Bertz CT molecular complexity index is 492. The van der Waals surface area contributed by atoms with Gasteiger partial charge in [0.2, 0.25) is 0 Å². The lowest BCUT2D eigenvalue weighted by molar-refractivity contribution is 0.0944. The van der Waals surface area contributed by atoms with Crippen molar-refractivity contribution in [2.45, 2.75) is 39.0 Å². The van der Waals surface area contributed by atoms with Crippen molar-refractivity contribution in [1.82, 2.24) is 0 Å². The van der Waals surface area contributed by atoms with E-state index >= 15 is 0 Å². The van der Waals surface area contributed by atoms with E-state index < -0.39 is 0 Å². The molecule has 0 amide bonds. The molecule has 2 bridgehead atoms. The van der Waals surface area contributed by atoms with Crippen molar-refractivity contribution in [3.63, 3.8) is 0 Å². The normalized spacial score (nSPS) is 28.6. The number of Topliss-reactive ketones (excluding diaryl/α,β-unsaturated/α-hetero) is 1. The monoisotopic (exact) mass is 258 g/mol. The number of fused-ring (bicyclic) bond motifs is 2. The second-order valence-corrected chi connectivity index (χ2v) is 6.25. The van der Waals surface area contributed by atoms with Crippen molar-refractivity contribution in [1.29, 1.82) is 0 Å².